The monoisotopic (exact) mass is 262 g/mol. The molecule has 1 aliphatic heterocycles. The van der Waals surface area contributed by atoms with Crippen molar-refractivity contribution < 1.29 is 9.84 Å². The SMILES string of the molecule is [B]C([B])(O)C1CCC(n2cc(C)c(=O)[nH]c2=S)O1. The molecule has 2 atom stereocenters. The number of aromatic amines is 1. The summed E-state index contributed by atoms with van der Waals surface area (Å²) < 4.78 is 7.47. The summed E-state index contributed by atoms with van der Waals surface area (Å²) in [6, 6.07) is 0. The number of hydrogen-bond acceptors (Lipinski definition) is 4. The second kappa shape index (κ2) is 4.68. The molecule has 4 radical (unpaired) electrons. The summed E-state index contributed by atoms with van der Waals surface area (Å²) >= 11 is 5.07. The molecule has 18 heavy (non-hydrogen) atoms. The number of H-pyrrole nitrogens is 1. The molecule has 2 rings (SSSR count). The summed E-state index contributed by atoms with van der Waals surface area (Å²) in [5.41, 5.74) is 0.311. The van der Waals surface area contributed by atoms with Crippen molar-refractivity contribution in [3.8, 4) is 0 Å². The molecular weight excluding hydrogens is 250 g/mol. The Kier molecular flexibility index (Phi) is 3.53. The van der Waals surface area contributed by atoms with E-state index in [1.165, 1.54) is 0 Å². The number of hydrogen-bond donors (Lipinski definition) is 2. The second-order valence-electron chi connectivity index (χ2n) is 4.52. The molecule has 1 aromatic heterocycles. The Balaban J connectivity index is 2.28. The fraction of sp³-hybridized carbons (Fsp3) is 0.600. The molecule has 1 saturated heterocycles. The normalized spacial score (nSPS) is 24.3. The highest BCUT2D eigenvalue weighted by Crippen LogP contribution is 2.31. The summed E-state index contributed by atoms with van der Waals surface area (Å²) in [7, 11) is 10.8. The van der Waals surface area contributed by atoms with Gasteiger partial charge in [-0.25, -0.2) is 0 Å². The second-order valence-corrected chi connectivity index (χ2v) is 4.91. The van der Waals surface area contributed by atoms with E-state index in [1.807, 2.05) is 0 Å². The minimum atomic E-state index is -1.87. The molecule has 0 saturated carbocycles. The summed E-state index contributed by atoms with van der Waals surface area (Å²) in [6.45, 7) is 1.68. The molecule has 0 spiro atoms. The van der Waals surface area contributed by atoms with E-state index in [0.29, 0.717) is 18.4 Å². The van der Waals surface area contributed by atoms with Crippen molar-refractivity contribution in [2.24, 2.45) is 0 Å². The van der Waals surface area contributed by atoms with E-state index in [-0.39, 0.29) is 16.6 Å². The molecule has 0 aromatic carbocycles. The average molecular weight is 262 g/mol. The topological polar surface area (TPSA) is 67.2 Å². The molecule has 0 bridgehead atoms. The molecule has 5 nitrogen and oxygen atoms in total. The van der Waals surface area contributed by atoms with Gasteiger partial charge in [0.1, 0.15) is 21.9 Å². The maximum Gasteiger partial charge on any atom is 0.254 e. The Bertz CT molecular complexity index is 563. The number of nitrogens with zero attached hydrogens (tertiary/aromatic N) is 1. The molecule has 1 aromatic rings. The lowest BCUT2D eigenvalue weighted by atomic mass is 9.61. The van der Waals surface area contributed by atoms with Crippen LogP contribution in [0, 0.1) is 11.7 Å². The molecule has 8 heteroatoms. The van der Waals surface area contributed by atoms with Gasteiger partial charge in [0.05, 0.1) is 6.10 Å². The highest BCUT2D eigenvalue weighted by molar-refractivity contribution is 7.71. The Morgan fingerprint density at radius 2 is 2.28 bits per heavy atom. The van der Waals surface area contributed by atoms with Crippen molar-refractivity contribution in [1.29, 1.82) is 0 Å². The first-order valence-corrected chi connectivity index (χ1v) is 5.97. The van der Waals surface area contributed by atoms with Crippen LogP contribution < -0.4 is 5.56 Å². The van der Waals surface area contributed by atoms with Crippen molar-refractivity contribution in [3.63, 3.8) is 0 Å². The van der Waals surface area contributed by atoms with Gasteiger partial charge in [-0.15, -0.1) is 0 Å². The molecule has 2 N–H and O–H groups in total. The van der Waals surface area contributed by atoms with Crippen molar-refractivity contribution in [2.75, 3.05) is 0 Å². The molecule has 0 aliphatic carbocycles. The van der Waals surface area contributed by atoms with Crippen LogP contribution in [0.4, 0.5) is 0 Å². The minimum absolute atomic E-state index is 0.222. The van der Waals surface area contributed by atoms with Crippen LogP contribution in [0.1, 0.15) is 24.6 Å². The lowest BCUT2D eigenvalue weighted by Crippen LogP contribution is -2.43. The Labute approximate surface area is 112 Å². The van der Waals surface area contributed by atoms with Crippen LogP contribution in [-0.4, -0.2) is 41.9 Å². The van der Waals surface area contributed by atoms with Gasteiger partial charge in [-0.3, -0.25) is 14.3 Å². The maximum atomic E-state index is 11.4. The summed E-state index contributed by atoms with van der Waals surface area (Å²) in [6.07, 6.45) is 1.73. The predicted octanol–water partition coefficient (Wildman–Crippen LogP) is -0.125. The number of aliphatic hydroxyl groups is 1. The van der Waals surface area contributed by atoms with Crippen LogP contribution in [0.25, 0.3) is 0 Å². The van der Waals surface area contributed by atoms with Crippen LogP contribution >= 0.6 is 12.2 Å². The number of aryl methyl sites for hydroxylation is 1. The summed E-state index contributed by atoms with van der Waals surface area (Å²) in [5.74, 6) is 0. The number of aromatic nitrogens is 2. The zero-order valence-electron chi connectivity index (χ0n) is 9.92. The molecular formula is C10H12B2N2O3S. The minimum Gasteiger partial charge on any atom is -0.407 e. The molecule has 1 aliphatic rings. The Hall–Kier alpha value is -0.850. The van der Waals surface area contributed by atoms with Crippen LogP contribution in [-0.2, 0) is 4.74 Å². The third-order valence-electron chi connectivity index (χ3n) is 2.97. The van der Waals surface area contributed by atoms with Crippen LogP contribution in [0.2, 0.25) is 0 Å². The molecule has 2 unspecified atom stereocenters. The lowest BCUT2D eigenvalue weighted by molar-refractivity contribution is -0.0496. The summed E-state index contributed by atoms with van der Waals surface area (Å²) in [4.78, 5) is 13.9. The predicted molar refractivity (Wildman–Crippen MR) is 70.2 cm³/mol. The number of rotatable bonds is 2. The third kappa shape index (κ3) is 2.60. The van der Waals surface area contributed by atoms with Gasteiger partial charge in [0.15, 0.2) is 4.77 Å². The van der Waals surface area contributed by atoms with E-state index < -0.39 is 11.5 Å². The Morgan fingerprint density at radius 3 is 2.83 bits per heavy atom. The maximum absolute atomic E-state index is 11.4. The fourth-order valence-electron chi connectivity index (χ4n) is 1.96. The van der Waals surface area contributed by atoms with Crippen molar-refractivity contribution in [3.05, 3.63) is 26.9 Å². The van der Waals surface area contributed by atoms with E-state index in [2.05, 4.69) is 4.98 Å². The summed E-state index contributed by atoms with van der Waals surface area (Å²) in [5, 5.41) is 7.62. The largest absolute Gasteiger partial charge is 0.407 e. The van der Waals surface area contributed by atoms with Gasteiger partial charge in [0.25, 0.3) is 5.56 Å². The number of nitrogens with one attached hydrogen (secondary N) is 1. The van der Waals surface area contributed by atoms with Crippen LogP contribution in [0.15, 0.2) is 11.0 Å². The van der Waals surface area contributed by atoms with Crippen molar-refractivity contribution in [2.45, 2.75) is 37.5 Å². The third-order valence-corrected chi connectivity index (χ3v) is 3.28. The van der Waals surface area contributed by atoms with Crippen molar-refractivity contribution in [1.82, 2.24) is 9.55 Å². The van der Waals surface area contributed by atoms with E-state index in [0.717, 1.165) is 0 Å². The molecule has 92 valence electrons. The molecule has 0 amide bonds. The lowest BCUT2D eigenvalue weighted by Gasteiger charge is -2.27. The van der Waals surface area contributed by atoms with E-state index in [9.17, 15) is 9.90 Å². The van der Waals surface area contributed by atoms with Gasteiger partial charge in [-0.1, -0.05) is 0 Å². The molecule has 2 heterocycles. The first-order chi connectivity index (χ1) is 8.29. The fourth-order valence-corrected chi connectivity index (χ4v) is 2.23. The zero-order chi connectivity index (χ0) is 13.5. The first-order valence-electron chi connectivity index (χ1n) is 5.56. The van der Waals surface area contributed by atoms with Crippen molar-refractivity contribution >= 4 is 27.9 Å². The highest BCUT2D eigenvalue weighted by Gasteiger charge is 2.35. The van der Waals surface area contributed by atoms with Gasteiger partial charge in [-0.05, 0) is 32.0 Å². The smallest absolute Gasteiger partial charge is 0.254 e. The number of ether oxygens (including phenoxy) is 1. The van der Waals surface area contributed by atoms with E-state index >= 15 is 0 Å². The Morgan fingerprint density at radius 1 is 1.61 bits per heavy atom. The van der Waals surface area contributed by atoms with Gasteiger partial charge < -0.3 is 9.84 Å². The van der Waals surface area contributed by atoms with Gasteiger partial charge in [-0.2, -0.15) is 0 Å². The quantitative estimate of drug-likeness (QED) is 0.575. The zero-order valence-corrected chi connectivity index (χ0v) is 10.7. The average Bonchev–Trinajstić information content (AvgIpc) is 2.72. The van der Waals surface area contributed by atoms with Gasteiger partial charge in [0, 0.05) is 17.2 Å². The standard InChI is InChI=1S/C10H12B2N2O3S/c1-5-4-14(9(18)13-8(5)15)7-3-2-6(17-7)10(11,12)16/h4,6-7,16H,2-3H2,1H3,(H,13,15,18). The van der Waals surface area contributed by atoms with Gasteiger partial charge >= 0.3 is 0 Å². The van der Waals surface area contributed by atoms with Gasteiger partial charge in [0.2, 0.25) is 0 Å². The molecule has 1 fully saturated rings. The highest BCUT2D eigenvalue weighted by atomic mass is 32.1. The first kappa shape index (κ1) is 13.6. The van der Waals surface area contributed by atoms with E-state index in [4.69, 9.17) is 32.6 Å². The van der Waals surface area contributed by atoms with E-state index in [1.54, 1.807) is 17.7 Å². The van der Waals surface area contributed by atoms with Crippen LogP contribution in [0.3, 0.4) is 0 Å². The van der Waals surface area contributed by atoms with Crippen LogP contribution in [0.5, 0.6) is 0 Å².